The number of benzene rings is 1. The summed E-state index contributed by atoms with van der Waals surface area (Å²) in [5.41, 5.74) is 6.15. The lowest BCUT2D eigenvalue weighted by atomic mass is 10.2. The van der Waals surface area contributed by atoms with E-state index in [1.54, 1.807) is 31.0 Å². The molecule has 1 aromatic rings. The van der Waals surface area contributed by atoms with Gasteiger partial charge in [0.1, 0.15) is 5.82 Å². The summed E-state index contributed by atoms with van der Waals surface area (Å²) in [6, 6.07) is 4.37. The molecule has 0 heterocycles. The highest BCUT2D eigenvalue weighted by molar-refractivity contribution is 6.31. The maximum absolute atomic E-state index is 13.2. The van der Waals surface area contributed by atoms with E-state index < -0.39 is 5.82 Å². The van der Waals surface area contributed by atoms with Crippen LogP contribution in [-0.4, -0.2) is 29.0 Å². The van der Waals surface area contributed by atoms with Crippen LogP contribution in [0.15, 0.2) is 23.4 Å². The Hall–Kier alpha value is -1.33. The van der Waals surface area contributed by atoms with E-state index in [0.29, 0.717) is 12.1 Å². The Balaban J connectivity index is 2.81. The van der Waals surface area contributed by atoms with Crippen LogP contribution in [0.5, 0.6) is 0 Å². The van der Waals surface area contributed by atoms with Gasteiger partial charge in [-0.15, -0.1) is 0 Å². The number of nitrogens with two attached hydrogens (primary N) is 1. The third-order valence-electron chi connectivity index (χ3n) is 2.66. The highest BCUT2D eigenvalue weighted by Gasteiger charge is 2.16. The van der Waals surface area contributed by atoms with Gasteiger partial charge < -0.3 is 10.9 Å². The smallest absolute Gasteiger partial charge is 0.156 e. The van der Waals surface area contributed by atoms with Gasteiger partial charge in [0.15, 0.2) is 5.84 Å². The van der Waals surface area contributed by atoms with Crippen molar-refractivity contribution in [1.29, 1.82) is 0 Å². The van der Waals surface area contributed by atoms with Crippen LogP contribution in [0.4, 0.5) is 4.39 Å². The van der Waals surface area contributed by atoms with Gasteiger partial charge in [0.2, 0.25) is 0 Å². The van der Waals surface area contributed by atoms with E-state index in [1.807, 2.05) is 0 Å². The van der Waals surface area contributed by atoms with Crippen molar-refractivity contribution in [3.8, 4) is 0 Å². The molecule has 1 atom stereocenters. The Morgan fingerprint density at radius 1 is 1.65 bits per heavy atom. The fraction of sp³-hybridized carbons (Fsp3) is 0.364. The maximum atomic E-state index is 13.2. The Morgan fingerprint density at radius 2 is 2.29 bits per heavy atom. The zero-order chi connectivity index (χ0) is 13.0. The average molecular weight is 260 g/mol. The number of likely N-dealkylation sites (N-methyl/N-ethyl adjacent to an activating group) is 1. The number of hydrogen-bond donors (Lipinski definition) is 2. The van der Waals surface area contributed by atoms with Gasteiger partial charge in [0.05, 0.1) is 11.1 Å². The summed E-state index contributed by atoms with van der Waals surface area (Å²) in [5, 5.41) is 11.6. The molecule has 1 aromatic carbocycles. The Morgan fingerprint density at radius 3 is 2.88 bits per heavy atom. The van der Waals surface area contributed by atoms with Crippen LogP contribution in [0.25, 0.3) is 0 Å². The second-order valence-electron chi connectivity index (χ2n) is 3.83. The van der Waals surface area contributed by atoms with Crippen LogP contribution < -0.4 is 5.73 Å². The monoisotopic (exact) mass is 259 g/mol. The van der Waals surface area contributed by atoms with E-state index in [2.05, 4.69) is 5.16 Å². The topological polar surface area (TPSA) is 61.9 Å². The minimum atomic E-state index is -0.450. The molecule has 0 aliphatic carbocycles. The fourth-order valence-corrected chi connectivity index (χ4v) is 1.57. The minimum absolute atomic E-state index is 0.0972. The Bertz CT molecular complexity index is 425. The van der Waals surface area contributed by atoms with Gasteiger partial charge in [-0.1, -0.05) is 28.9 Å². The summed E-state index contributed by atoms with van der Waals surface area (Å²) in [6.07, 6.45) is 0. The lowest BCUT2D eigenvalue weighted by Gasteiger charge is -2.23. The highest BCUT2D eigenvalue weighted by Crippen LogP contribution is 2.21. The van der Waals surface area contributed by atoms with Gasteiger partial charge in [0, 0.05) is 6.54 Å². The number of nitrogens with zero attached hydrogens (tertiary/aromatic N) is 2. The molecule has 0 amide bonds. The van der Waals surface area contributed by atoms with Crippen molar-refractivity contribution in [2.75, 3.05) is 7.05 Å². The second-order valence-corrected chi connectivity index (χ2v) is 4.21. The zero-order valence-corrected chi connectivity index (χ0v) is 10.4. The van der Waals surface area contributed by atoms with E-state index in [4.69, 9.17) is 22.5 Å². The molecule has 0 aliphatic heterocycles. The molecule has 0 aliphatic rings. The lowest BCUT2D eigenvalue weighted by molar-refractivity contribution is 0.279. The van der Waals surface area contributed by atoms with Crippen molar-refractivity contribution in [3.63, 3.8) is 0 Å². The van der Waals surface area contributed by atoms with Crippen molar-refractivity contribution in [1.82, 2.24) is 4.90 Å². The van der Waals surface area contributed by atoms with Gasteiger partial charge in [-0.05, 0) is 25.6 Å². The van der Waals surface area contributed by atoms with Gasteiger partial charge in [0.25, 0.3) is 0 Å². The first-order valence-corrected chi connectivity index (χ1v) is 5.45. The van der Waals surface area contributed by atoms with Gasteiger partial charge in [-0.2, -0.15) is 0 Å². The predicted octanol–water partition coefficient (Wildman–Crippen LogP) is 2.05. The van der Waals surface area contributed by atoms with Gasteiger partial charge in [-0.25, -0.2) is 4.39 Å². The van der Waals surface area contributed by atoms with Crippen molar-refractivity contribution in [3.05, 3.63) is 34.6 Å². The lowest BCUT2D eigenvalue weighted by Crippen LogP contribution is -2.40. The summed E-state index contributed by atoms with van der Waals surface area (Å²) in [4.78, 5) is 1.80. The largest absolute Gasteiger partial charge is 0.409 e. The van der Waals surface area contributed by atoms with Crippen LogP contribution in [0, 0.1) is 5.82 Å². The molecule has 0 fully saturated rings. The molecule has 0 spiro atoms. The molecule has 0 bridgehead atoms. The number of rotatable bonds is 4. The van der Waals surface area contributed by atoms with E-state index in [-0.39, 0.29) is 16.9 Å². The number of hydrogen-bond acceptors (Lipinski definition) is 3. The maximum Gasteiger partial charge on any atom is 0.156 e. The molecule has 0 aromatic heterocycles. The van der Waals surface area contributed by atoms with Gasteiger partial charge in [-0.3, -0.25) is 4.90 Å². The molecular formula is C11H15ClFN3O. The molecule has 17 heavy (non-hydrogen) atoms. The van der Waals surface area contributed by atoms with Crippen LogP contribution in [0.1, 0.15) is 12.5 Å². The molecule has 1 unspecified atom stereocenters. The number of oxime groups is 1. The third-order valence-corrected chi connectivity index (χ3v) is 3.08. The van der Waals surface area contributed by atoms with Crippen LogP contribution >= 0.6 is 11.6 Å². The van der Waals surface area contributed by atoms with E-state index >= 15 is 0 Å². The summed E-state index contributed by atoms with van der Waals surface area (Å²) < 4.78 is 13.2. The standard InChI is InChI=1S/C11H15ClFN3O/c1-7(11(14)15-17)16(2)6-8-4-3-5-9(13)10(8)12/h3-5,7,17H,6H2,1-2H3,(H2,14,15). The number of halogens is 2. The van der Waals surface area contributed by atoms with Crippen LogP contribution in [-0.2, 0) is 6.54 Å². The Kier molecular flexibility index (Phi) is 4.72. The normalized spacial score (nSPS) is 14.1. The Labute approximate surface area is 104 Å². The van der Waals surface area contributed by atoms with E-state index in [1.165, 1.54) is 6.07 Å². The van der Waals surface area contributed by atoms with E-state index in [9.17, 15) is 4.39 Å². The second kappa shape index (κ2) is 5.84. The minimum Gasteiger partial charge on any atom is -0.409 e. The molecule has 4 nitrogen and oxygen atoms in total. The van der Waals surface area contributed by atoms with Crippen molar-refractivity contribution in [2.24, 2.45) is 10.9 Å². The molecule has 0 saturated heterocycles. The first kappa shape index (κ1) is 13.7. The predicted molar refractivity (Wildman–Crippen MR) is 65.7 cm³/mol. The van der Waals surface area contributed by atoms with Crippen molar-refractivity contribution in [2.45, 2.75) is 19.5 Å². The van der Waals surface area contributed by atoms with Gasteiger partial charge >= 0.3 is 0 Å². The zero-order valence-electron chi connectivity index (χ0n) is 9.69. The SMILES string of the molecule is CC(/C(N)=N/O)N(C)Cc1cccc(F)c1Cl. The summed E-state index contributed by atoms with van der Waals surface area (Å²) in [6.45, 7) is 2.19. The fourth-order valence-electron chi connectivity index (χ4n) is 1.39. The van der Waals surface area contributed by atoms with Crippen LogP contribution in [0.2, 0.25) is 5.02 Å². The summed E-state index contributed by atoms with van der Waals surface area (Å²) in [5.74, 6) is -0.353. The first-order valence-electron chi connectivity index (χ1n) is 5.08. The first-order chi connectivity index (χ1) is 7.97. The molecule has 1 rings (SSSR count). The van der Waals surface area contributed by atoms with Crippen LogP contribution in [0.3, 0.4) is 0 Å². The summed E-state index contributed by atoms with van der Waals surface area (Å²) in [7, 11) is 1.78. The van der Waals surface area contributed by atoms with Crippen molar-refractivity contribution < 1.29 is 9.60 Å². The molecule has 0 saturated carbocycles. The van der Waals surface area contributed by atoms with Crippen molar-refractivity contribution >= 4 is 17.4 Å². The quantitative estimate of drug-likeness (QED) is 0.377. The average Bonchev–Trinajstić information content (AvgIpc) is 2.32. The molecule has 6 heteroatoms. The number of amidine groups is 1. The highest BCUT2D eigenvalue weighted by atomic mass is 35.5. The van der Waals surface area contributed by atoms with E-state index in [0.717, 1.165) is 0 Å². The molecule has 3 N–H and O–H groups in total. The molecule has 94 valence electrons. The third kappa shape index (κ3) is 3.31. The molecule has 0 radical (unpaired) electrons. The molecular weight excluding hydrogens is 245 g/mol. The summed E-state index contributed by atoms with van der Waals surface area (Å²) >= 11 is 5.84.